The third kappa shape index (κ3) is 3.58. The van der Waals surface area contributed by atoms with Gasteiger partial charge in [0.25, 0.3) is 0 Å². The van der Waals surface area contributed by atoms with Crippen molar-refractivity contribution in [3.63, 3.8) is 0 Å². The molecule has 6 heteroatoms. The van der Waals surface area contributed by atoms with Crippen molar-refractivity contribution in [3.8, 4) is 0 Å². The minimum atomic E-state index is -4.13. The number of hydrogen-bond acceptors (Lipinski definition) is 2. The Balaban J connectivity index is 2.24. The smallest absolute Gasteiger partial charge is 0.371 e. The van der Waals surface area contributed by atoms with Gasteiger partial charge in [0.15, 0.2) is 0 Å². The van der Waals surface area contributed by atoms with Crippen molar-refractivity contribution in [2.24, 2.45) is 11.7 Å². The summed E-state index contributed by atoms with van der Waals surface area (Å²) < 4.78 is 38.7. The second-order valence-electron chi connectivity index (χ2n) is 5.14. The van der Waals surface area contributed by atoms with Crippen molar-refractivity contribution in [1.29, 1.82) is 0 Å². The van der Waals surface area contributed by atoms with Gasteiger partial charge in [-0.05, 0) is 43.5 Å². The topological polar surface area (TPSA) is 29.3 Å². The van der Waals surface area contributed by atoms with E-state index in [0.29, 0.717) is 31.0 Å². The number of benzene rings is 1. The number of halogens is 4. The number of anilines is 1. The molecule has 0 radical (unpaired) electrons. The third-order valence-corrected chi connectivity index (χ3v) is 3.92. The van der Waals surface area contributed by atoms with Crippen LogP contribution in [0, 0.1) is 5.92 Å². The fourth-order valence-electron chi connectivity index (χ4n) is 2.66. The van der Waals surface area contributed by atoms with Crippen molar-refractivity contribution < 1.29 is 13.2 Å². The van der Waals surface area contributed by atoms with Crippen LogP contribution in [0.1, 0.15) is 18.4 Å². The zero-order valence-electron chi connectivity index (χ0n) is 11.1. The van der Waals surface area contributed by atoms with Gasteiger partial charge in [0, 0.05) is 23.8 Å². The monoisotopic (exact) mass is 306 g/mol. The van der Waals surface area contributed by atoms with E-state index in [4.69, 9.17) is 17.3 Å². The first kappa shape index (κ1) is 15.4. The van der Waals surface area contributed by atoms with Crippen LogP contribution in [0.25, 0.3) is 0 Å². The van der Waals surface area contributed by atoms with Crippen molar-refractivity contribution in [3.05, 3.63) is 28.8 Å². The average Bonchev–Trinajstić information content (AvgIpc) is 2.40. The van der Waals surface area contributed by atoms with Crippen LogP contribution in [0.2, 0.25) is 5.02 Å². The van der Waals surface area contributed by atoms with Crippen LogP contribution in [-0.4, -0.2) is 25.8 Å². The SMILES string of the molecule is NCCc1ccc(Cl)cc1N1CCCC(C(F)(F)F)C1. The summed E-state index contributed by atoms with van der Waals surface area (Å²) in [5, 5.41) is 0.537. The molecular formula is C14H18ClF3N2. The molecule has 0 amide bonds. The summed E-state index contributed by atoms with van der Waals surface area (Å²) in [6, 6.07) is 5.34. The number of alkyl halides is 3. The Hall–Kier alpha value is -0.940. The lowest BCUT2D eigenvalue weighted by molar-refractivity contribution is -0.176. The van der Waals surface area contributed by atoms with Crippen molar-refractivity contribution >= 4 is 17.3 Å². The van der Waals surface area contributed by atoms with Crippen LogP contribution in [0.4, 0.5) is 18.9 Å². The van der Waals surface area contributed by atoms with E-state index in [1.54, 1.807) is 17.0 Å². The molecule has 1 aromatic carbocycles. The largest absolute Gasteiger partial charge is 0.393 e. The third-order valence-electron chi connectivity index (χ3n) is 3.69. The highest BCUT2D eigenvalue weighted by Gasteiger charge is 2.42. The Labute approximate surface area is 121 Å². The normalized spacial score (nSPS) is 20.2. The summed E-state index contributed by atoms with van der Waals surface area (Å²) >= 11 is 5.98. The highest BCUT2D eigenvalue weighted by atomic mass is 35.5. The fraction of sp³-hybridized carbons (Fsp3) is 0.571. The second-order valence-corrected chi connectivity index (χ2v) is 5.57. The lowest BCUT2D eigenvalue weighted by Crippen LogP contribution is -2.42. The predicted molar refractivity (Wildman–Crippen MR) is 75.2 cm³/mol. The molecule has 112 valence electrons. The molecule has 1 atom stereocenters. The summed E-state index contributed by atoms with van der Waals surface area (Å²) in [7, 11) is 0. The molecule has 0 spiro atoms. The van der Waals surface area contributed by atoms with E-state index in [1.807, 2.05) is 6.07 Å². The van der Waals surface area contributed by atoms with Gasteiger partial charge in [0.1, 0.15) is 0 Å². The van der Waals surface area contributed by atoms with Gasteiger partial charge in [-0.15, -0.1) is 0 Å². The number of nitrogens with zero attached hydrogens (tertiary/aromatic N) is 1. The molecule has 1 heterocycles. The number of hydrogen-bond donors (Lipinski definition) is 1. The van der Waals surface area contributed by atoms with Crippen LogP contribution in [0.15, 0.2) is 18.2 Å². The minimum absolute atomic E-state index is 0.00140. The lowest BCUT2D eigenvalue weighted by Gasteiger charge is -2.36. The van der Waals surface area contributed by atoms with Gasteiger partial charge in [-0.1, -0.05) is 17.7 Å². The first-order chi connectivity index (χ1) is 9.41. The molecule has 0 aromatic heterocycles. The van der Waals surface area contributed by atoms with E-state index < -0.39 is 12.1 Å². The van der Waals surface area contributed by atoms with Gasteiger partial charge in [-0.25, -0.2) is 0 Å². The van der Waals surface area contributed by atoms with E-state index >= 15 is 0 Å². The van der Waals surface area contributed by atoms with Gasteiger partial charge in [0.05, 0.1) is 5.92 Å². The first-order valence-corrected chi connectivity index (χ1v) is 7.09. The Morgan fingerprint density at radius 3 is 2.75 bits per heavy atom. The lowest BCUT2D eigenvalue weighted by atomic mass is 9.96. The maximum Gasteiger partial charge on any atom is 0.393 e. The van der Waals surface area contributed by atoms with Gasteiger partial charge < -0.3 is 10.6 Å². The molecule has 0 bridgehead atoms. The van der Waals surface area contributed by atoms with Crippen molar-refractivity contribution in [1.82, 2.24) is 0 Å². The van der Waals surface area contributed by atoms with Crippen molar-refractivity contribution in [2.75, 3.05) is 24.5 Å². The van der Waals surface area contributed by atoms with E-state index in [2.05, 4.69) is 0 Å². The molecule has 1 aliphatic heterocycles. The zero-order valence-corrected chi connectivity index (χ0v) is 11.8. The summed E-state index contributed by atoms with van der Waals surface area (Å²) in [5.74, 6) is -1.26. The van der Waals surface area contributed by atoms with E-state index in [0.717, 1.165) is 11.3 Å². The molecule has 1 saturated heterocycles. The van der Waals surface area contributed by atoms with Gasteiger partial charge in [0.2, 0.25) is 0 Å². The molecule has 20 heavy (non-hydrogen) atoms. The minimum Gasteiger partial charge on any atom is -0.371 e. The van der Waals surface area contributed by atoms with Gasteiger partial charge in [-0.2, -0.15) is 13.2 Å². The van der Waals surface area contributed by atoms with Crippen LogP contribution in [0.5, 0.6) is 0 Å². The maximum atomic E-state index is 12.9. The Morgan fingerprint density at radius 1 is 1.35 bits per heavy atom. The fourth-order valence-corrected chi connectivity index (χ4v) is 2.83. The summed E-state index contributed by atoms with van der Waals surface area (Å²) in [6.45, 7) is 1.09. The number of nitrogens with two attached hydrogens (primary N) is 1. The first-order valence-electron chi connectivity index (χ1n) is 6.72. The number of piperidine rings is 1. The second kappa shape index (κ2) is 6.22. The highest BCUT2D eigenvalue weighted by Crippen LogP contribution is 2.36. The predicted octanol–water partition coefficient (Wildman–Crippen LogP) is 3.62. The molecule has 1 aliphatic rings. The van der Waals surface area contributed by atoms with E-state index in [-0.39, 0.29) is 13.0 Å². The molecule has 1 fully saturated rings. The van der Waals surface area contributed by atoms with E-state index in [1.165, 1.54) is 0 Å². The molecule has 2 rings (SSSR count). The summed E-state index contributed by atoms with van der Waals surface area (Å²) in [5.41, 5.74) is 7.31. The van der Waals surface area contributed by atoms with Crippen LogP contribution in [-0.2, 0) is 6.42 Å². The molecular weight excluding hydrogens is 289 g/mol. The molecule has 1 unspecified atom stereocenters. The Kier molecular flexibility index (Phi) is 4.81. The molecule has 0 aliphatic carbocycles. The van der Waals surface area contributed by atoms with E-state index in [9.17, 15) is 13.2 Å². The molecule has 1 aromatic rings. The quantitative estimate of drug-likeness (QED) is 0.924. The van der Waals surface area contributed by atoms with Crippen LogP contribution < -0.4 is 10.6 Å². The Morgan fingerprint density at radius 2 is 2.10 bits per heavy atom. The number of rotatable bonds is 3. The maximum absolute atomic E-state index is 12.9. The van der Waals surface area contributed by atoms with Crippen LogP contribution >= 0.6 is 11.6 Å². The van der Waals surface area contributed by atoms with Crippen LogP contribution in [0.3, 0.4) is 0 Å². The molecule has 2 N–H and O–H groups in total. The highest BCUT2D eigenvalue weighted by molar-refractivity contribution is 6.30. The molecule has 2 nitrogen and oxygen atoms in total. The summed E-state index contributed by atoms with van der Waals surface area (Å²) in [6.07, 6.45) is -2.75. The van der Waals surface area contributed by atoms with Crippen molar-refractivity contribution in [2.45, 2.75) is 25.4 Å². The average molecular weight is 307 g/mol. The standard InChI is InChI=1S/C14H18ClF3N2/c15-12-4-3-10(5-6-19)13(8-12)20-7-1-2-11(9-20)14(16,17)18/h3-4,8,11H,1-2,5-7,9,19H2. The summed E-state index contributed by atoms with van der Waals surface area (Å²) in [4.78, 5) is 1.79. The zero-order chi connectivity index (χ0) is 14.8. The Bertz CT molecular complexity index is 462. The van der Waals surface area contributed by atoms with Gasteiger partial charge in [-0.3, -0.25) is 0 Å². The molecule has 0 saturated carbocycles. The van der Waals surface area contributed by atoms with Gasteiger partial charge >= 0.3 is 6.18 Å².